The zero-order chi connectivity index (χ0) is 14.4. The van der Waals surface area contributed by atoms with E-state index in [0.29, 0.717) is 5.56 Å². The molecule has 0 saturated carbocycles. The smallest absolute Gasteiger partial charge is 0.233 e. The van der Waals surface area contributed by atoms with E-state index in [9.17, 15) is 9.59 Å². The molecule has 4 heteroatoms. The van der Waals surface area contributed by atoms with Crippen molar-refractivity contribution in [3.8, 4) is 0 Å². The Morgan fingerprint density at radius 1 is 1.26 bits per heavy atom. The lowest BCUT2D eigenvalue weighted by atomic mass is 10.0. The van der Waals surface area contributed by atoms with Crippen molar-refractivity contribution in [1.82, 2.24) is 10.2 Å². The summed E-state index contributed by atoms with van der Waals surface area (Å²) in [6, 6.07) is 7.33. The van der Waals surface area contributed by atoms with Gasteiger partial charge in [0.05, 0.1) is 12.6 Å². The molecule has 4 nitrogen and oxygen atoms in total. The van der Waals surface area contributed by atoms with Crippen molar-refractivity contribution in [3.05, 3.63) is 35.4 Å². The van der Waals surface area contributed by atoms with E-state index in [1.165, 1.54) is 5.56 Å². The first kappa shape index (κ1) is 15.4. The molecule has 0 aliphatic heterocycles. The van der Waals surface area contributed by atoms with Crippen LogP contribution in [0.1, 0.15) is 29.8 Å². The Balaban J connectivity index is 2.72. The maximum Gasteiger partial charge on any atom is 0.233 e. The minimum Gasteiger partial charge on any atom is -0.358 e. The Morgan fingerprint density at radius 3 is 2.32 bits per heavy atom. The summed E-state index contributed by atoms with van der Waals surface area (Å²) in [4.78, 5) is 25.3. The van der Waals surface area contributed by atoms with Gasteiger partial charge in [0.25, 0.3) is 0 Å². The molecule has 0 saturated heterocycles. The van der Waals surface area contributed by atoms with Gasteiger partial charge in [0.15, 0.2) is 5.78 Å². The summed E-state index contributed by atoms with van der Waals surface area (Å²) >= 11 is 0. The monoisotopic (exact) mass is 262 g/mol. The fraction of sp³-hybridized carbons (Fsp3) is 0.467. The van der Waals surface area contributed by atoms with E-state index in [1.807, 2.05) is 31.2 Å². The minimum atomic E-state index is -0.315. The standard InChI is InChI=1S/C15H22N2O2/c1-5-12-6-8-13(9-7-12)15(19)11(2)17(4)10-14(18)16-3/h6-9,11H,5,10H2,1-4H3,(H,16,18). The molecule has 1 amide bonds. The van der Waals surface area contributed by atoms with Crippen LogP contribution >= 0.6 is 0 Å². The van der Waals surface area contributed by atoms with Crippen molar-refractivity contribution in [1.29, 1.82) is 0 Å². The van der Waals surface area contributed by atoms with Crippen LogP contribution in [0.3, 0.4) is 0 Å². The molecular weight excluding hydrogens is 240 g/mol. The Hall–Kier alpha value is -1.68. The molecule has 0 spiro atoms. The Morgan fingerprint density at radius 2 is 1.84 bits per heavy atom. The molecule has 1 aromatic rings. The van der Waals surface area contributed by atoms with Crippen molar-refractivity contribution in [3.63, 3.8) is 0 Å². The summed E-state index contributed by atoms with van der Waals surface area (Å²) in [6.45, 7) is 4.12. The lowest BCUT2D eigenvalue weighted by Gasteiger charge is -2.22. The van der Waals surface area contributed by atoms with Crippen molar-refractivity contribution < 1.29 is 9.59 Å². The normalized spacial score (nSPS) is 12.3. The number of nitrogens with one attached hydrogen (secondary N) is 1. The van der Waals surface area contributed by atoms with Crippen LogP contribution in [0, 0.1) is 0 Å². The van der Waals surface area contributed by atoms with Gasteiger partial charge in [-0.05, 0) is 26.0 Å². The summed E-state index contributed by atoms with van der Waals surface area (Å²) in [7, 11) is 3.37. The van der Waals surface area contributed by atoms with Crippen molar-refractivity contribution in [2.24, 2.45) is 0 Å². The van der Waals surface area contributed by atoms with Crippen LogP contribution in [0.4, 0.5) is 0 Å². The molecular formula is C15H22N2O2. The highest BCUT2D eigenvalue weighted by atomic mass is 16.2. The zero-order valence-electron chi connectivity index (χ0n) is 12.1. The number of Topliss-reactive ketones (excluding diaryl/α,β-unsaturated/α-hetero) is 1. The van der Waals surface area contributed by atoms with E-state index in [2.05, 4.69) is 12.2 Å². The van der Waals surface area contributed by atoms with Gasteiger partial charge in [0.1, 0.15) is 0 Å². The van der Waals surface area contributed by atoms with Gasteiger partial charge in [-0.1, -0.05) is 31.2 Å². The molecule has 0 aliphatic carbocycles. The number of hydrogen-bond donors (Lipinski definition) is 1. The second-order valence-corrected chi connectivity index (χ2v) is 4.68. The summed E-state index contributed by atoms with van der Waals surface area (Å²) in [6.07, 6.45) is 0.959. The van der Waals surface area contributed by atoms with Crippen LogP contribution in [0.2, 0.25) is 0 Å². The molecule has 1 rings (SSSR count). The molecule has 1 aromatic carbocycles. The van der Waals surface area contributed by atoms with Crippen LogP contribution in [-0.4, -0.2) is 43.3 Å². The van der Waals surface area contributed by atoms with E-state index >= 15 is 0 Å². The molecule has 19 heavy (non-hydrogen) atoms. The number of rotatable bonds is 6. The zero-order valence-corrected chi connectivity index (χ0v) is 12.1. The first-order valence-electron chi connectivity index (χ1n) is 6.53. The number of ketones is 1. The van der Waals surface area contributed by atoms with E-state index in [4.69, 9.17) is 0 Å². The molecule has 0 radical (unpaired) electrons. The maximum atomic E-state index is 12.3. The maximum absolute atomic E-state index is 12.3. The predicted octanol–water partition coefficient (Wildman–Crippen LogP) is 1.50. The molecule has 1 N–H and O–H groups in total. The second-order valence-electron chi connectivity index (χ2n) is 4.68. The van der Waals surface area contributed by atoms with Crippen LogP contribution in [-0.2, 0) is 11.2 Å². The topological polar surface area (TPSA) is 49.4 Å². The molecule has 0 aliphatic rings. The van der Waals surface area contributed by atoms with E-state index in [0.717, 1.165) is 6.42 Å². The Labute approximate surface area is 114 Å². The van der Waals surface area contributed by atoms with Gasteiger partial charge in [0.2, 0.25) is 5.91 Å². The number of benzene rings is 1. The number of likely N-dealkylation sites (N-methyl/N-ethyl adjacent to an activating group) is 2. The fourth-order valence-corrected chi connectivity index (χ4v) is 1.79. The molecule has 104 valence electrons. The Bertz CT molecular complexity index is 440. The summed E-state index contributed by atoms with van der Waals surface area (Å²) in [5, 5.41) is 2.55. The highest BCUT2D eigenvalue weighted by Crippen LogP contribution is 2.10. The summed E-state index contributed by atoms with van der Waals surface area (Å²) < 4.78 is 0. The predicted molar refractivity (Wildman–Crippen MR) is 76.3 cm³/mol. The average molecular weight is 262 g/mol. The molecule has 1 atom stereocenters. The molecule has 0 fully saturated rings. The van der Waals surface area contributed by atoms with Gasteiger partial charge >= 0.3 is 0 Å². The highest BCUT2D eigenvalue weighted by Gasteiger charge is 2.20. The van der Waals surface area contributed by atoms with Crippen LogP contribution in [0.25, 0.3) is 0 Å². The third-order valence-corrected chi connectivity index (χ3v) is 3.36. The van der Waals surface area contributed by atoms with Crippen LogP contribution in [0.15, 0.2) is 24.3 Å². The van der Waals surface area contributed by atoms with Crippen LogP contribution < -0.4 is 5.32 Å². The van der Waals surface area contributed by atoms with Gasteiger partial charge in [-0.25, -0.2) is 0 Å². The lowest BCUT2D eigenvalue weighted by Crippen LogP contribution is -2.42. The number of nitrogens with zero attached hydrogens (tertiary/aromatic N) is 1. The molecule has 1 unspecified atom stereocenters. The average Bonchev–Trinajstić information content (AvgIpc) is 2.45. The minimum absolute atomic E-state index is 0.0362. The van der Waals surface area contributed by atoms with Gasteiger partial charge in [-0.3, -0.25) is 14.5 Å². The largest absolute Gasteiger partial charge is 0.358 e. The van der Waals surface area contributed by atoms with Gasteiger partial charge in [-0.15, -0.1) is 0 Å². The van der Waals surface area contributed by atoms with E-state index in [-0.39, 0.29) is 24.3 Å². The third kappa shape index (κ3) is 4.17. The van der Waals surface area contributed by atoms with Gasteiger partial charge in [0, 0.05) is 12.6 Å². The van der Waals surface area contributed by atoms with E-state index < -0.39 is 0 Å². The first-order chi connectivity index (χ1) is 8.99. The van der Waals surface area contributed by atoms with Crippen molar-refractivity contribution >= 4 is 11.7 Å². The fourth-order valence-electron chi connectivity index (χ4n) is 1.79. The quantitative estimate of drug-likeness (QED) is 0.790. The Kier molecular flexibility index (Phi) is 5.70. The van der Waals surface area contributed by atoms with Crippen molar-refractivity contribution in [2.45, 2.75) is 26.3 Å². The lowest BCUT2D eigenvalue weighted by molar-refractivity contribution is -0.121. The molecule has 0 bridgehead atoms. The molecule has 0 heterocycles. The summed E-state index contributed by atoms with van der Waals surface area (Å²) in [5.41, 5.74) is 1.90. The molecule has 0 aromatic heterocycles. The number of carbonyl (C=O) groups is 2. The number of carbonyl (C=O) groups excluding carboxylic acids is 2. The SMILES string of the molecule is CCc1ccc(C(=O)C(C)N(C)CC(=O)NC)cc1. The van der Waals surface area contributed by atoms with Crippen molar-refractivity contribution in [2.75, 3.05) is 20.6 Å². The van der Waals surface area contributed by atoms with Crippen LogP contribution in [0.5, 0.6) is 0 Å². The highest BCUT2D eigenvalue weighted by molar-refractivity contribution is 6.00. The van der Waals surface area contributed by atoms with Gasteiger partial charge < -0.3 is 5.32 Å². The third-order valence-electron chi connectivity index (χ3n) is 3.36. The number of amides is 1. The number of hydrogen-bond acceptors (Lipinski definition) is 3. The number of aryl methyl sites for hydroxylation is 1. The summed E-state index contributed by atoms with van der Waals surface area (Å²) in [5.74, 6) is -0.0578. The van der Waals surface area contributed by atoms with E-state index in [1.54, 1.807) is 19.0 Å². The second kappa shape index (κ2) is 7.04. The van der Waals surface area contributed by atoms with Gasteiger partial charge in [-0.2, -0.15) is 0 Å². The first-order valence-corrected chi connectivity index (χ1v) is 6.53.